The summed E-state index contributed by atoms with van der Waals surface area (Å²) in [6.45, 7) is 2.60. The van der Waals surface area contributed by atoms with Gasteiger partial charge in [0, 0.05) is 12.6 Å². The highest BCUT2D eigenvalue weighted by Crippen LogP contribution is 2.35. The summed E-state index contributed by atoms with van der Waals surface area (Å²) in [7, 11) is -2.07. The Morgan fingerprint density at radius 1 is 1.29 bits per heavy atom. The second kappa shape index (κ2) is 6.23. The van der Waals surface area contributed by atoms with Gasteiger partial charge in [0.1, 0.15) is 10.6 Å². The van der Waals surface area contributed by atoms with Crippen molar-refractivity contribution < 1.29 is 13.2 Å². The molecule has 0 bridgehead atoms. The zero-order valence-corrected chi connectivity index (χ0v) is 13.5. The molecule has 0 heterocycles. The van der Waals surface area contributed by atoms with Gasteiger partial charge in [-0.3, -0.25) is 0 Å². The molecular weight excluding hydrogens is 288 g/mol. The van der Waals surface area contributed by atoms with Crippen LogP contribution in [-0.2, 0) is 10.0 Å². The van der Waals surface area contributed by atoms with Crippen molar-refractivity contribution in [2.75, 3.05) is 19.4 Å². The third kappa shape index (κ3) is 3.89. The van der Waals surface area contributed by atoms with Crippen LogP contribution in [0.3, 0.4) is 0 Å². The maximum atomic E-state index is 12.4. The maximum absolute atomic E-state index is 12.4. The average molecular weight is 312 g/mol. The van der Waals surface area contributed by atoms with Crippen molar-refractivity contribution in [3.8, 4) is 5.75 Å². The van der Waals surface area contributed by atoms with Crippen LogP contribution >= 0.6 is 0 Å². The van der Waals surface area contributed by atoms with Crippen LogP contribution < -0.4 is 15.2 Å². The van der Waals surface area contributed by atoms with Crippen LogP contribution in [0.1, 0.15) is 39.0 Å². The van der Waals surface area contributed by atoms with E-state index >= 15 is 0 Å². The Morgan fingerprint density at radius 2 is 1.95 bits per heavy atom. The predicted molar refractivity (Wildman–Crippen MR) is 83.8 cm³/mol. The predicted octanol–water partition coefficient (Wildman–Crippen LogP) is 2.53. The Balaban J connectivity index is 2.11. The monoisotopic (exact) mass is 312 g/mol. The Kier molecular flexibility index (Phi) is 4.78. The first-order chi connectivity index (χ1) is 9.86. The fraction of sp³-hybridized carbons (Fsp3) is 0.600. The summed E-state index contributed by atoms with van der Waals surface area (Å²) in [4.78, 5) is 0.114. The van der Waals surface area contributed by atoms with Crippen molar-refractivity contribution in [2.24, 2.45) is 5.41 Å². The molecule has 0 amide bonds. The third-order valence-corrected chi connectivity index (χ3v) is 5.73. The zero-order valence-electron chi connectivity index (χ0n) is 12.7. The zero-order chi connectivity index (χ0) is 15.5. The van der Waals surface area contributed by atoms with Gasteiger partial charge in [0.25, 0.3) is 0 Å². The molecule has 2 rings (SSSR count). The van der Waals surface area contributed by atoms with Gasteiger partial charge in [-0.05, 0) is 30.4 Å². The summed E-state index contributed by atoms with van der Waals surface area (Å²) in [6, 6.07) is 4.61. The highest BCUT2D eigenvalue weighted by atomic mass is 32.2. The summed E-state index contributed by atoms with van der Waals surface area (Å²) >= 11 is 0. The molecule has 0 aliphatic heterocycles. The summed E-state index contributed by atoms with van der Waals surface area (Å²) < 4.78 is 32.6. The van der Waals surface area contributed by atoms with Gasteiger partial charge in [-0.25, -0.2) is 13.1 Å². The minimum absolute atomic E-state index is 0.0482. The van der Waals surface area contributed by atoms with E-state index in [0.717, 1.165) is 12.8 Å². The summed E-state index contributed by atoms with van der Waals surface area (Å²) in [5.41, 5.74) is 6.08. The molecular formula is C15H24N2O3S. The number of nitrogens with one attached hydrogen (secondary N) is 1. The first-order valence-electron chi connectivity index (χ1n) is 7.29. The largest absolute Gasteiger partial charge is 0.497 e. The molecule has 6 heteroatoms. The van der Waals surface area contributed by atoms with E-state index in [1.165, 1.54) is 38.5 Å². The van der Waals surface area contributed by atoms with Crippen molar-refractivity contribution in [3.05, 3.63) is 18.2 Å². The molecule has 21 heavy (non-hydrogen) atoms. The van der Waals surface area contributed by atoms with Gasteiger partial charge in [-0.2, -0.15) is 0 Å². The van der Waals surface area contributed by atoms with E-state index < -0.39 is 10.0 Å². The fourth-order valence-corrected chi connectivity index (χ4v) is 4.14. The molecule has 5 nitrogen and oxygen atoms in total. The number of sulfonamides is 1. The number of hydrogen-bond donors (Lipinski definition) is 2. The van der Waals surface area contributed by atoms with Crippen LogP contribution in [0, 0.1) is 5.41 Å². The summed E-state index contributed by atoms with van der Waals surface area (Å²) in [5, 5.41) is 0. The van der Waals surface area contributed by atoms with Crippen LogP contribution in [0.2, 0.25) is 0 Å². The lowest BCUT2D eigenvalue weighted by molar-refractivity contribution is 0.219. The quantitative estimate of drug-likeness (QED) is 0.819. The highest BCUT2D eigenvalue weighted by molar-refractivity contribution is 7.89. The molecule has 1 saturated carbocycles. The Morgan fingerprint density at radius 3 is 2.52 bits per heavy atom. The number of methoxy groups -OCH3 is 1. The minimum atomic E-state index is -3.58. The molecule has 0 saturated heterocycles. The van der Waals surface area contributed by atoms with E-state index in [1.54, 1.807) is 6.07 Å². The minimum Gasteiger partial charge on any atom is -0.497 e. The van der Waals surface area contributed by atoms with Gasteiger partial charge in [0.2, 0.25) is 10.0 Å². The summed E-state index contributed by atoms with van der Waals surface area (Å²) in [5.74, 6) is 0.547. The van der Waals surface area contributed by atoms with Crippen LogP contribution in [0.15, 0.2) is 23.1 Å². The van der Waals surface area contributed by atoms with Gasteiger partial charge >= 0.3 is 0 Å². The molecule has 1 aliphatic rings. The molecule has 0 spiro atoms. The number of benzene rings is 1. The first kappa shape index (κ1) is 16.1. The SMILES string of the molecule is COc1ccc(S(=O)(=O)NCC2(C)CCCCC2)c(N)c1. The number of ether oxygens (including phenoxy) is 1. The van der Waals surface area contributed by atoms with Gasteiger partial charge in [0.15, 0.2) is 0 Å². The molecule has 0 unspecified atom stereocenters. The van der Waals surface area contributed by atoms with E-state index in [4.69, 9.17) is 10.5 Å². The molecule has 118 valence electrons. The molecule has 0 radical (unpaired) electrons. The van der Waals surface area contributed by atoms with E-state index in [9.17, 15) is 8.42 Å². The molecule has 1 fully saturated rings. The Labute approximate surface area is 126 Å². The molecule has 3 N–H and O–H groups in total. The van der Waals surface area contributed by atoms with Crippen molar-refractivity contribution in [2.45, 2.75) is 43.9 Å². The lowest BCUT2D eigenvalue weighted by atomic mass is 9.76. The van der Waals surface area contributed by atoms with E-state index in [1.807, 2.05) is 0 Å². The fourth-order valence-electron chi connectivity index (χ4n) is 2.83. The number of hydrogen-bond acceptors (Lipinski definition) is 4. The Hall–Kier alpha value is -1.27. The van der Waals surface area contributed by atoms with Crippen molar-refractivity contribution in [3.63, 3.8) is 0 Å². The van der Waals surface area contributed by atoms with Crippen molar-refractivity contribution >= 4 is 15.7 Å². The smallest absolute Gasteiger partial charge is 0.242 e. The molecule has 1 aliphatic carbocycles. The standard InChI is InChI=1S/C15H24N2O3S/c1-15(8-4-3-5-9-15)11-17-21(18,19)14-7-6-12(20-2)10-13(14)16/h6-7,10,17H,3-5,8-9,11,16H2,1-2H3. The lowest BCUT2D eigenvalue weighted by Gasteiger charge is -2.33. The Bertz CT molecular complexity index is 593. The number of rotatable bonds is 5. The summed E-state index contributed by atoms with van der Waals surface area (Å²) in [6.07, 6.45) is 5.71. The van der Waals surface area contributed by atoms with Crippen molar-refractivity contribution in [1.29, 1.82) is 0 Å². The average Bonchev–Trinajstić information content (AvgIpc) is 2.46. The number of nitrogens with two attached hydrogens (primary N) is 1. The van der Waals surface area contributed by atoms with Crippen molar-refractivity contribution in [1.82, 2.24) is 4.72 Å². The third-order valence-electron chi connectivity index (χ3n) is 4.26. The maximum Gasteiger partial charge on any atom is 0.242 e. The topological polar surface area (TPSA) is 81.4 Å². The van der Waals surface area contributed by atoms with E-state index in [2.05, 4.69) is 11.6 Å². The molecule has 0 atom stereocenters. The lowest BCUT2D eigenvalue weighted by Crippen LogP contribution is -2.37. The van der Waals surface area contributed by atoms with Crippen LogP contribution in [0.4, 0.5) is 5.69 Å². The normalized spacial score (nSPS) is 18.4. The van der Waals surface area contributed by atoms with Crippen LogP contribution in [-0.4, -0.2) is 22.1 Å². The number of nitrogen functional groups attached to an aromatic ring is 1. The second-order valence-electron chi connectivity index (χ2n) is 6.10. The van der Waals surface area contributed by atoms with Gasteiger partial charge in [-0.15, -0.1) is 0 Å². The molecule has 1 aromatic carbocycles. The van der Waals surface area contributed by atoms with Gasteiger partial charge in [-0.1, -0.05) is 26.2 Å². The first-order valence-corrected chi connectivity index (χ1v) is 8.78. The van der Waals surface area contributed by atoms with Crippen LogP contribution in [0.25, 0.3) is 0 Å². The molecule has 0 aromatic heterocycles. The van der Waals surface area contributed by atoms with Crippen LogP contribution in [0.5, 0.6) is 5.75 Å². The van der Waals surface area contributed by atoms with E-state index in [-0.39, 0.29) is 16.0 Å². The van der Waals surface area contributed by atoms with Gasteiger partial charge < -0.3 is 10.5 Å². The van der Waals surface area contributed by atoms with E-state index in [0.29, 0.717) is 12.3 Å². The highest BCUT2D eigenvalue weighted by Gasteiger charge is 2.29. The number of anilines is 1. The van der Waals surface area contributed by atoms with Gasteiger partial charge in [0.05, 0.1) is 12.8 Å². The molecule has 1 aromatic rings. The second-order valence-corrected chi connectivity index (χ2v) is 7.84.